The molecule has 0 aliphatic heterocycles. The first-order chi connectivity index (χ1) is 9.43. The van der Waals surface area contributed by atoms with E-state index >= 15 is 0 Å². The number of amides is 1. The summed E-state index contributed by atoms with van der Waals surface area (Å²) < 4.78 is 0. The van der Waals surface area contributed by atoms with Gasteiger partial charge in [-0.1, -0.05) is 24.3 Å². The smallest absolute Gasteiger partial charge is 0.307 e. The van der Waals surface area contributed by atoms with Crippen molar-refractivity contribution >= 4 is 23.4 Å². The second-order valence-corrected chi connectivity index (χ2v) is 4.70. The van der Waals surface area contributed by atoms with Gasteiger partial charge >= 0.3 is 5.97 Å². The van der Waals surface area contributed by atoms with Crippen LogP contribution in [0.1, 0.15) is 33.6 Å². The highest BCUT2D eigenvalue weighted by Crippen LogP contribution is 2.33. The number of carboxylic acid groups (broad SMARTS) is 1. The Labute approximate surface area is 114 Å². The van der Waals surface area contributed by atoms with Crippen molar-refractivity contribution in [2.45, 2.75) is 12.8 Å². The third kappa shape index (κ3) is 2.32. The SMILES string of the molecule is NC(=O)CC[C@H](C(=O)O)C1C(=O)c2ccccc2C1=O. The number of carbonyl (C=O) groups is 4. The molecule has 0 saturated heterocycles. The maximum absolute atomic E-state index is 12.2. The molecule has 0 spiro atoms. The number of carbonyl (C=O) groups excluding carboxylic acids is 3. The van der Waals surface area contributed by atoms with Crippen molar-refractivity contribution in [2.24, 2.45) is 17.6 Å². The maximum atomic E-state index is 12.2. The first-order valence-corrected chi connectivity index (χ1v) is 6.12. The highest BCUT2D eigenvalue weighted by Gasteiger charge is 2.45. The van der Waals surface area contributed by atoms with Crippen LogP contribution in [0.5, 0.6) is 0 Å². The molecule has 0 heterocycles. The van der Waals surface area contributed by atoms with E-state index in [0.29, 0.717) is 0 Å². The van der Waals surface area contributed by atoms with Crippen LogP contribution < -0.4 is 5.73 Å². The summed E-state index contributed by atoms with van der Waals surface area (Å²) >= 11 is 0. The van der Waals surface area contributed by atoms with E-state index in [2.05, 4.69) is 0 Å². The minimum atomic E-state index is -1.27. The Bertz CT molecular complexity index is 572. The quantitative estimate of drug-likeness (QED) is 0.765. The van der Waals surface area contributed by atoms with Gasteiger partial charge in [-0.15, -0.1) is 0 Å². The van der Waals surface area contributed by atoms with E-state index in [0.717, 1.165) is 0 Å². The molecule has 1 aliphatic carbocycles. The van der Waals surface area contributed by atoms with Crippen LogP contribution in [0.15, 0.2) is 24.3 Å². The van der Waals surface area contributed by atoms with Crippen LogP contribution in [-0.2, 0) is 9.59 Å². The number of Topliss-reactive ketones (excluding diaryl/α,β-unsaturated/α-hetero) is 2. The molecule has 6 nitrogen and oxygen atoms in total. The Hall–Kier alpha value is -2.50. The summed E-state index contributed by atoms with van der Waals surface area (Å²) in [7, 11) is 0. The number of carboxylic acids is 1. The molecule has 6 heteroatoms. The molecular formula is C14H13NO5. The fraction of sp³-hybridized carbons (Fsp3) is 0.286. The van der Waals surface area contributed by atoms with Crippen LogP contribution in [-0.4, -0.2) is 28.5 Å². The van der Waals surface area contributed by atoms with E-state index in [1.54, 1.807) is 12.1 Å². The summed E-state index contributed by atoms with van der Waals surface area (Å²) in [5.74, 6) is -5.42. The van der Waals surface area contributed by atoms with Gasteiger partial charge in [0.05, 0.1) is 11.8 Å². The number of rotatable bonds is 5. The number of ketones is 2. The van der Waals surface area contributed by atoms with Crippen molar-refractivity contribution in [1.82, 2.24) is 0 Å². The molecule has 20 heavy (non-hydrogen) atoms. The molecule has 1 aromatic carbocycles. The van der Waals surface area contributed by atoms with Crippen LogP contribution in [0.3, 0.4) is 0 Å². The van der Waals surface area contributed by atoms with Gasteiger partial charge in [0.15, 0.2) is 11.6 Å². The zero-order chi connectivity index (χ0) is 14.9. The Morgan fingerprint density at radius 2 is 1.65 bits per heavy atom. The van der Waals surface area contributed by atoms with E-state index in [1.165, 1.54) is 12.1 Å². The van der Waals surface area contributed by atoms with Gasteiger partial charge in [-0.25, -0.2) is 0 Å². The third-order valence-corrected chi connectivity index (χ3v) is 3.44. The largest absolute Gasteiger partial charge is 0.481 e. The molecule has 104 valence electrons. The van der Waals surface area contributed by atoms with Crippen molar-refractivity contribution in [3.05, 3.63) is 35.4 Å². The molecule has 1 atom stereocenters. The van der Waals surface area contributed by atoms with Crippen molar-refractivity contribution in [3.63, 3.8) is 0 Å². The molecule has 0 aromatic heterocycles. The molecule has 1 aromatic rings. The second kappa shape index (κ2) is 5.24. The van der Waals surface area contributed by atoms with Crippen LogP contribution in [0.2, 0.25) is 0 Å². The van der Waals surface area contributed by atoms with Crippen LogP contribution in [0, 0.1) is 11.8 Å². The highest BCUT2D eigenvalue weighted by molar-refractivity contribution is 6.27. The predicted molar refractivity (Wildman–Crippen MR) is 68.1 cm³/mol. The number of fused-ring (bicyclic) bond motifs is 1. The van der Waals surface area contributed by atoms with Crippen LogP contribution in [0.25, 0.3) is 0 Å². The van der Waals surface area contributed by atoms with Gasteiger partial charge in [0.25, 0.3) is 0 Å². The molecule has 0 bridgehead atoms. The first-order valence-electron chi connectivity index (χ1n) is 6.12. The minimum absolute atomic E-state index is 0.124. The Kier molecular flexibility index (Phi) is 3.65. The number of hydrogen-bond acceptors (Lipinski definition) is 4. The van der Waals surface area contributed by atoms with E-state index in [9.17, 15) is 24.3 Å². The van der Waals surface area contributed by atoms with Crippen molar-refractivity contribution in [3.8, 4) is 0 Å². The average Bonchev–Trinajstić information content (AvgIpc) is 2.64. The van der Waals surface area contributed by atoms with Gasteiger partial charge < -0.3 is 10.8 Å². The molecule has 0 unspecified atom stereocenters. The first kappa shape index (κ1) is 13.9. The molecule has 1 amide bonds. The summed E-state index contributed by atoms with van der Waals surface area (Å²) in [6.45, 7) is 0. The van der Waals surface area contributed by atoms with E-state index in [-0.39, 0.29) is 24.0 Å². The molecule has 3 N–H and O–H groups in total. The average molecular weight is 275 g/mol. The number of primary amides is 1. The zero-order valence-electron chi connectivity index (χ0n) is 10.5. The summed E-state index contributed by atoms with van der Waals surface area (Å²) in [6.07, 6.45) is -0.300. The molecule has 0 fully saturated rings. The van der Waals surface area contributed by atoms with Crippen molar-refractivity contribution in [1.29, 1.82) is 0 Å². The van der Waals surface area contributed by atoms with Crippen LogP contribution in [0.4, 0.5) is 0 Å². The van der Waals surface area contributed by atoms with Crippen molar-refractivity contribution in [2.75, 3.05) is 0 Å². The van der Waals surface area contributed by atoms with Gasteiger partial charge in [-0.2, -0.15) is 0 Å². The van der Waals surface area contributed by atoms with E-state index < -0.39 is 35.3 Å². The molecule has 0 radical (unpaired) electrons. The molecular weight excluding hydrogens is 262 g/mol. The van der Waals surface area contributed by atoms with Gasteiger partial charge in [0.1, 0.15) is 0 Å². The predicted octanol–water partition coefficient (Wildman–Crippen LogP) is 0.648. The lowest BCUT2D eigenvalue weighted by Crippen LogP contribution is -2.32. The maximum Gasteiger partial charge on any atom is 0.307 e. The van der Waals surface area contributed by atoms with Gasteiger partial charge in [0.2, 0.25) is 5.91 Å². The Morgan fingerprint density at radius 1 is 1.15 bits per heavy atom. The third-order valence-electron chi connectivity index (χ3n) is 3.44. The fourth-order valence-electron chi connectivity index (χ4n) is 2.46. The lowest BCUT2D eigenvalue weighted by atomic mass is 9.84. The summed E-state index contributed by atoms with van der Waals surface area (Å²) in [5.41, 5.74) is 5.48. The normalized spacial score (nSPS) is 16.0. The van der Waals surface area contributed by atoms with Crippen LogP contribution >= 0.6 is 0 Å². The summed E-state index contributed by atoms with van der Waals surface area (Å²) in [6, 6.07) is 6.24. The topological polar surface area (TPSA) is 115 Å². The van der Waals surface area contributed by atoms with Gasteiger partial charge in [-0.05, 0) is 6.42 Å². The minimum Gasteiger partial charge on any atom is -0.481 e. The molecule has 2 rings (SSSR count). The zero-order valence-corrected chi connectivity index (χ0v) is 10.5. The van der Waals surface area contributed by atoms with E-state index in [4.69, 9.17) is 5.73 Å². The lowest BCUT2D eigenvalue weighted by molar-refractivity contribution is -0.143. The number of hydrogen-bond donors (Lipinski definition) is 2. The summed E-state index contributed by atoms with van der Waals surface area (Å²) in [5, 5.41) is 9.20. The summed E-state index contributed by atoms with van der Waals surface area (Å²) in [4.78, 5) is 46.5. The lowest BCUT2D eigenvalue weighted by Gasteiger charge is -2.16. The highest BCUT2D eigenvalue weighted by atomic mass is 16.4. The standard InChI is InChI=1S/C14H13NO5/c15-10(16)6-5-9(14(19)20)11-12(17)7-3-1-2-4-8(7)13(11)18/h1-4,9,11H,5-6H2,(H2,15,16)(H,19,20)/t9-/m0/s1. The fourth-order valence-corrected chi connectivity index (χ4v) is 2.46. The monoisotopic (exact) mass is 275 g/mol. The molecule has 0 saturated carbocycles. The van der Waals surface area contributed by atoms with Gasteiger partial charge in [0, 0.05) is 17.5 Å². The Balaban J connectivity index is 2.32. The molecule has 1 aliphatic rings. The van der Waals surface area contributed by atoms with Gasteiger partial charge in [-0.3, -0.25) is 19.2 Å². The van der Waals surface area contributed by atoms with Crippen molar-refractivity contribution < 1.29 is 24.3 Å². The number of benzene rings is 1. The number of aliphatic carboxylic acids is 1. The van der Waals surface area contributed by atoms with E-state index in [1.807, 2.05) is 0 Å². The Morgan fingerprint density at radius 3 is 2.05 bits per heavy atom. The number of nitrogens with two attached hydrogens (primary N) is 1. The second-order valence-electron chi connectivity index (χ2n) is 4.70.